The second-order valence-corrected chi connectivity index (χ2v) is 4.62. The normalized spacial score (nSPS) is 14.3. The first-order valence-corrected chi connectivity index (χ1v) is 6.43. The molecule has 3 N–H and O–H groups in total. The molecule has 20 heavy (non-hydrogen) atoms. The summed E-state index contributed by atoms with van der Waals surface area (Å²) in [5.74, 6) is 0. The van der Waals surface area contributed by atoms with Crippen LogP contribution in [0.2, 0.25) is 0 Å². The van der Waals surface area contributed by atoms with Crippen molar-refractivity contribution in [1.29, 1.82) is 0 Å². The van der Waals surface area contributed by atoms with Gasteiger partial charge in [-0.2, -0.15) is 0 Å². The van der Waals surface area contributed by atoms with Gasteiger partial charge < -0.3 is 5.73 Å². The van der Waals surface area contributed by atoms with Gasteiger partial charge in [0.25, 0.3) is 0 Å². The standard InChI is InChI=1S/C16H15N3O/c17-16(20)19-11-14(12-7-3-1-4-8-12)15(18-19)13-9-5-2-6-10-13/h1-10,18H,11H2,(H2,17,20). The minimum atomic E-state index is -0.482. The number of carbonyl (C=O) groups excluding carboxylic acids is 1. The van der Waals surface area contributed by atoms with Gasteiger partial charge in [-0.05, 0) is 11.1 Å². The van der Waals surface area contributed by atoms with E-state index in [4.69, 9.17) is 5.73 Å². The number of nitrogens with zero attached hydrogens (tertiary/aromatic N) is 1. The van der Waals surface area contributed by atoms with Crippen LogP contribution < -0.4 is 11.2 Å². The fourth-order valence-corrected chi connectivity index (χ4v) is 2.33. The molecule has 1 aliphatic rings. The van der Waals surface area contributed by atoms with Crippen molar-refractivity contribution in [2.45, 2.75) is 0 Å². The van der Waals surface area contributed by atoms with Gasteiger partial charge in [0.2, 0.25) is 0 Å². The molecule has 0 aliphatic carbocycles. The molecule has 1 aliphatic heterocycles. The molecule has 4 nitrogen and oxygen atoms in total. The highest BCUT2D eigenvalue weighted by molar-refractivity contribution is 5.95. The van der Waals surface area contributed by atoms with Gasteiger partial charge in [0.15, 0.2) is 0 Å². The van der Waals surface area contributed by atoms with E-state index in [9.17, 15) is 4.79 Å². The largest absolute Gasteiger partial charge is 0.350 e. The van der Waals surface area contributed by atoms with Crippen molar-refractivity contribution in [3.63, 3.8) is 0 Å². The lowest BCUT2D eigenvalue weighted by Crippen LogP contribution is -2.41. The highest BCUT2D eigenvalue weighted by Crippen LogP contribution is 2.29. The maximum Gasteiger partial charge on any atom is 0.333 e. The predicted octanol–water partition coefficient (Wildman–Crippen LogP) is 2.45. The van der Waals surface area contributed by atoms with Gasteiger partial charge in [-0.25, -0.2) is 9.80 Å². The summed E-state index contributed by atoms with van der Waals surface area (Å²) in [6.45, 7) is 0.462. The number of hydrazine groups is 1. The summed E-state index contributed by atoms with van der Waals surface area (Å²) in [7, 11) is 0. The predicted molar refractivity (Wildman–Crippen MR) is 79.1 cm³/mol. The second-order valence-electron chi connectivity index (χ2n) is 4.62. The number of rotatable bonds is 2. The van der Waals surface area contributed by atoms with Crippen LogP contribution >= 0.6 is 0 Å². The van der Waals surface area contributed by atoms with E-state index in [1.807, 2.05) is 60.7 Å². The Labute approximate surface area is 117 Å². The van der Waals surface area contributed by atoms with Crippen LogP contribution in [0.3, 0.4) is 0 Å². The minimum Gasteiger partial charge on any atom is -0.350 e. The van der Waals surface area contributed by atoms with Crippen LogP contribution in [0.1, 0.15) is 11.1 Å². The third-order valence-corrected chi connectivity index (χ3v) is 3.32. The molecule has 3 rings (SSSR count). The third-order valence-electron chi connectivity index (χ3n) is 3.32. The molecule has 0 radical (unpaired) electrons. The maximum absolute atomic E-state index is 11.4. The lowest BCUT2D eigenvalue weighted by atomic mass is 10.0. The molecule has 2 aromatic rings. The molecule has 0 bridgehead atoms. The van der Waals surface area contributed by atoms with Crippen LogP contribution in [0.25, 0.3) is 11.3 Å². The van der Waals surface area contributed by atoms with Gasteiger partial charge in [0, 0.05) is 5.57 Å². The lowest BCUT2D eigenvalue weighted by Gasteiger charge is -2.15. The Hall–Kier alpha value is -2.75. The van der Waals surface area contributed by atoms with E-state index in [2.05, 4.69) is 5.43 Å². The molecule has 0 spiro atoms. The van der Waals surface area contributed by atoms with Crippen LogP contribution in [-0.4, -0.2) is 17.6 Å². The first-order valence-electron chi connectivity index (χ1n) is 6.43. The van der Waals surface area contributed by atoms with E-state index in [1.165, 1.54) is 5.01 Å². The third kappa shape index (κ3) is 2.23. The van der Waals surface area contributed by atoms with Crippen molar-refractivity contribution in [1.82, 2.24) is 10.4 Å². The van der Waals surface area contributed by atoms with Gasteiger partial charge in [-0.3, -0.25) is 5.43 Å². The molecule has 0 aromatic heterocycles. The van der Waals surface area contributed by atoms with Gasteiger partial charge in [-0.1, -0.05) is 60.7 Å². The Balaban J connectivity index is 2.06. The van der Waals surface area contributed by atoms with E-state index in [1.54, 1.807) is 0 Å². The number of primary amides is 1. The molecule has 0 saturated carbocycles. The number of urea groups is 1. The molecule has 2 amide bonds. The average molecular weight is 265 g/mol. The fraction of sp³-hybridized carbons (Fsp3) is 0.0625. The molecular weight excluding hydrogens is 250 g/mol. The van der Waals surface area contributed by atoms with Crippen LogP contribution in [0.5, 0.6) is 0 Å². The molecule has 4 heteroatoms. The number of hydrogen-bond acceptors (Lipinski definition) is 2. The van der Waals surface area contributed by atoms with Crippen molar-refractivity contribution in [3.05, 3.63) is 71.8 Å². The molecule has 0 saturated heterocycles. The first kappa shape index (κ1) is 12.3. The fourth-order valence-electron chi connectivity index (χ4n) is 2.33. The average Bonchev–Trinajstić information content (AvgIpc) is 2.94. The summed E-state index contributed by atoms with van der Waals surface area (Å²) in [4.78, 5) is 11.4. The van der Waals surface area contributed by atoms with E-state index in [0.29, 0.717) is 6.54 Å². The minimum absolute atomic E-state index is 0.462. The molecule has 0 atom stereocenters. The highest BCUT2D eigenvalue weighted by Gasteiger charge is 2.25. The van der Waals surface area contributed by atoms with Crippen LogP contribution in [0, 0.1) is 0 Å². The van der Waals surface area contributed by atoms with E-state index in [-0.39, 0.29) is 0 Å². The van der Waals surface area contributed by atoms with Crippen LogP contribution in [0.4, 0.5) is 4.79 Å². The maximum atomic E-state index is 11.4. The zero-order valence-corrected chi connectivity index (χ0v) is 10.9. The van der Waals surface area contributed by atoms with Gasteiger partial charge >= 0.3 is 6.03 Å². The monoisotopic (exact) mass is 265 g/mol. The molecular formula is C16H15N3O. The summed E-state index contributed by atoms with van der Waals surface area (Å²) >= 11 is 0. The quantitative estimate of drug-likeness (QED) is 0.876. The van der Waals surface area contributed by atoms with Gasteiger partial charge in [0.1, 0.15) is 0 Å². The number of nitrogens with one attached hydrogen (secondary N) is 1. The molecule has 0 fully saturated rings. The molecule has 2 aromatic carbocycles. The Kier molecular flexibility index (Phi) is 3.13. The van der Waals surface area contributed by atoms with Crippen LogP contribution in [-0.2, 0) is 0 Å². The van der Waals surface area contributed by atoms with Crippen molar-refractivity contribution in [2.24, 2.45) is 5.73 Å². The van der Waals surface area contributed by atoms with Crippen molar-refractivity contribution >= 4 is 17.3 Å². The van der Waals surface area contributed by atoms with E-state index in [0.717, 1.165) is 22.4 Å². The molecule has 0 unspecified atom stereocenters. The Morgan fingerprint density at radius 3 is 2.05 bits per heavy atom. The molecule has 1 heterocycles. The summed E-state index contributed by atoms with van der Waals surface area (Å²) < 4.78 is 0. The Morgan fingerprint density at radius 2 is 1.50 bits per heavy atom. The van der Waals surface area contributed by atoms with Gasteiger partial charge in [0.05, 0.1) is 12.2 Å². The number of nitrogens with two attached hydrogens (primary N) is 1. The number of carbonyl (C=O) groups is 1. The SMILES string of the molecule is NC(=O)N1CC(c2ccccc2)=C(c2ccccc2)N1. The number of amides is 2. The molecule has 100 valence electrons. The van der Waals surface area contributed by atoms with Gasteiger partial charge in [-0.15, -0.1) is 0 Å². The zero-order chi connectivity index (χ0) is 13.9. The van der Waals surface area contributed by atoms with Crippen molar-refractivity contribution in [2.75, 3.05) is 6.54 Å². The number of hydrogen-bond donors (Lipinski definition) is 2. The number of benzene rings is 2. The van der Waals surface area contributed by atoms with E-state index >= 15 is 0 Å². The topological polar surface area (TPSA) is 58.4 Å². The summed E-state index contributed by atoms with van der Waals surface area (Å²) in [5, 5.41) is 1.42. The van der Waals surface area contributed by atoms with Crippen molar-refractivity contribution in [3.8, 4) is 0 Å². The van der Waals surface area contributed by atoms with Crippen molar-refractivity contribution < 1.29 is 4.79 Å². The first-order chi connectivity index (χ1) is 9.75. The second kappa shape index (κ2) is 5.09. The Bertz CT molecular complexity index is 598. The van der Waals surface area contributed by atoms with E-state index < -0.39 is 6.03 Å². The highest BCUT2D eigenvalue weighted by atomic mass is 16.2. The summed E-state index contributed by atoms with van der Waals surface area (Å²) in [6.07, 6.45) is 0. The smallest absolute Gasteiger partial charge is 0.333 e. The zero-order valence-electron chi connectivity index (χ0n) is 10.9. The lowest BCUT2D eigenvalue weighted by molar-refractivity contribution is 0.206. The summed E-state index contributed by atoms with van der Waals surface area (Å²) in [6, 6.07) is 19.5. The van der Waals surface area contributed by atoms with Crippen LogP contribution in [0.15, 0.2) is 60.7 Å². The summed E-state index contributed by atoms with van der Waals surface area (Å²) in [5.41, 5.74) is 12.6. The Morgan fingerprint density at radius 1 is 0.950 bits per heavy atom.